The molecule has 1 aromatic carbocycles. The van der Waals surface area contributed by atoms with Crippen LogP contribution >= 0.6 is 11.6 Å². The highest BCUT2D eigenvalue weighted by molar-refractivity contribution is 6.21. The maximum absolute atomic E-state index is 13.1. The molecule has 1 saturated carbocycles. The fraction of sp³-hybridized carbons (Fsp3) is 0.533. The lowest BCUT2D eigenvalue weighted by Gasteiger charge is -2.35. The van der Waals surface area contributed by atoms with Gasteiger partial charge in [-0.15, -0.1) is 11.6 Å². The van der Waals surface area contributed by atoms with Crippen LogP contribution in [0.15, 0.2) is 24.3 Å². The Morgan fingerprint density at radius 1 is 1.42 bits per heavy atom. The summed E-state index contributed by atoms with van der Waals surface area (Å²) >= 11 is 6.30. The van der Waals surface area contributed by atoms with Crippen LogP contribution in [0.1, 0.15) is 31.2 Å². The average Bonchev–Trinajstić information content (AvgIpc) is 2.38. The van der Waals surface area contributed by atoms with Gasteiger partial charge in [-0.05, 0) is 30.5 Å². The summed E-state index contributed by atoms with van der Waals surface area (Å²) in [6, 6.07) is 6.30. The Balaban J connectivity index is 1.99. The van der Waals surface area contributed by atoms with Gasteiger partial charge >= 0.3 is 0 Å². The molecular formula is C15H19ClFNO. The highest BCUT2D eigenvalue weighted by Crippen LogP contribution is 2.27. The molecule has 2 unspecified atom stereocenters. The van der Waals surface area contributed by atoms with E-state index in [1.165, 1.54) is 12.1 Å². The molecule has 19 heavy (non-hydrogen) atoms. The van der Waals surface area contributed by atoms with Crippen LogP contribution in [0.25, 0.3) is 0 Å². The molecule has 0 spiro atoms. The minimum absolute atomic E-state index is 0.00292. The second-order valence-corrected chi connectivity index (χ2v) is 5.74. The number of benzene rings is 1. The van der Waals surface area contributed by atoms with Crippen molar-refractivity contribution < 1.29 is 9.18 Å². The van der Waals surface area contributed by atoms with Crippen molar-refractivity contribution in [2.45, 2.75) is 43.5 Å². The Bertz CT molecular complexity index is 452. The largest absolute Gasteiger partial charge is 0.341 e. The predicted molar refractivity (Wildman–Crippen MR) is 74.8 cm³/mol. The number of nitrogens with zero attached hydrogens (tertiary/aromatic N) is 1. The van der Waals surface area contributed by atoms with Gasteiger partial charge in [0.2, 0.25) is 5.91 Å². The second kappa shape index (κ2) is 6.38. The zero-order valence-electron chi connectivity index (χ0n) is 11.1. The van der Waals surface area contributed by atoms with Crippen molar-refractivity contribution in [2.24, 2.45) is 0 Å². The third-order valence-corrected chi connectivity index (χ3v) is 4.29. The first-order valence-electron chi connectivity index (χ1n) is 6.72. The number of hydrogen-bond donors (Lipinski definition) is 0. The number of amides is 1. The zero-order chi connectivity index (χ0) is 13.8. The number of rotatable bonds is 3. The van der Waals surface area contributed by atoms with Crippen molar-refractivity contribution in [3.05, 3.63) is 35.6 Å². The highest BCUT2D eigenvalue weighted by atomic mass is 35.5. The van der Waals surface area contributed by atoms with Crippen LogP contribution in [0.2, 0.25) is 0 Å². The number of halogens is 2. The fourth-order valence-corrected chi connectivity index (χ4v) is 3.08. The van der Waals surface area contributed by atoms with Crippen LogP contribution in [0.3, 0.4) is 0 Å². The van der Waals surface area contributed by atoms with E-state index in [0.717, 1.165) is 25.7 Å². The lowest BCUT2D eigenvalue weighted by molar-refractivity contribution is -0.131. The van der Waals surface area contributed by atoms with Gasteiger partial charge in [0.15, 0.2) is 0 Å². The molecule has 0 bridgehead atoms. The third-order valence-electron chi connectivity index (χ3n) is 3.78. The summed E-state index contributed by atoms with van der Waals surface area (Å²) in [5.41, 5.74) is 0.707. The van der Waals surface area contributed by atoms with Gasteiger partial charge in [-0.25, -0.2) is 4.39 Å². The standard InChI is InChI=1S/C15H19ClFNO/c1-18(14-8-3-2-7-13(14)16)15(19)10-11-5-4-6-12(17)9-11/h4-6,9,13-14H,2-3,7-8,10H2,1H3. The first-order chi connectivity index (χ1) is 9.08. The summed E-state index contributed by atoms with van der Waals surface area (Å²) in [6.07, 6.45) is 4.40. The van der Waals surface area contributed by atoms with Gasteiger partial charge in [-0.2, -0.15) is 0 Å². The monoisotopic (exact) mass is 283 g/mol. The molecule has 0 aliphatic heterocycles. The Labute approximate surface area is 118 Å². The Morgan fingerprint density at radius 2 is 2.16 bits per heavy atom. The lowest BCUT2D eigenvalue weighted by Crippen LogP contribution is -2.44. The number of likely N-dealkylation sites (N-methyl/N-ethyl adjacent to an activating group) is 1. The highest BCUT2D eigenvalue weighted by Gasteiger charge is 2.29. The van der Waals surface area contributed by atoms with Gasteiger partial charge in [0.25, 0.3) is 0 Å². The minimum atomic E-state index is -0.305. The molecular weight excluding hydrogens is 265 g/mol. The van der Waals surface area contributed by atoms with Crippen LogP contribution < -0.4 is 0 Å². The van der Waals surface area contributed by atoms with Gasteiger partial charge < -0.3 is 4.90 Å². The van der Waals surface area contributed by atoms with Gasteiger partial charge in [-0.1, -0.05) is 25.0 Å². The molecule has 0 aromatic heterocycles. The molecule has 1 fully saturated rings. The molecule has 0 saturated heterocycles. The summed E-state index contributed by atoms with van der Waals surface area (Å²) in [5, 5.41) is 0.0372. The summed E-state index contributed by atoms with van der Waals surface area (Å²) < 4.78 is 13.1. The van der Waals surface area contributed by atoms with Crippen LogP contribution in [0.5, 0.6) is 0 Å². The van der Waals surface area contributed by atoms with E-state index in [0.29, 0.717) is 5.56 Å². The summed E-state index contributed by atoms with van der Waals surface area (Å²) in [6.45, 7) is 0. The molecule has 0 N–H and O–H groups in total. The SMILES string of the molecule is CN(C(=O)Cc1cccc(F)c1)C1CCCCC1Cl. The molecule has 1 aromatic rings. The molecule has 1 aliphatic carbocycles. The molecule has 2 atom stereocenters. The fourth-order valence-electron chi connectivity index (χ4n) is 2.63. The Kier molecular flexibility index (Phi) is 4.81. The number of hydrogen-bond acceptors (Lipinski definition) is 1. The van der Waals surface area contributed by atoms with E-state index in [9.17, 15) is 9.18 Å². The van der Waals surface area contributed by atoms with Gasteiger partial charge in [0.05, 0.1) is 11.8 Å². The molecule has 0 heterocycles. The molecule has 1 amide bonds. The molecule has 4 heteroatoms. The van der Waals surface area contributed by atoms with Crippen molar-refractivity contribution in [1.82, 2.24) is 4.90 Å². The number of alkyl halides is 1. The van der Waals surface area contributed by atoms with Crippen LogP contribution in [0.4, 0.5) is 4.39 Å². The van der Waals surface area contributed by atoms with E-state index in [-0.39, 0.29) is 29.6 Å². The molecule has 1 aliphatic rings. The second-order valence-electron chi connectivity index (χ2n) is 5.18. The van der Waals surface area contributed by atoms with Crippen molar-refractivity contribution in [1.29, 1.82) is 0 Å². The van der Waals surface area contributed by atoms with Crippen molar-refractivity contribution in [3.63, 3.8) is 0 Å². The van der Waals surface area contributed by atoms with E-state index in [2.05, 4.69) is 0 Å². The predicted octanol–water partition coefficient (Wildman–Crippen LogP) is 3.38. The average molecular weight is 284 g/mol. The van der Waals surface area contributed by atoms with E-state index in [1.54, 1.807) is 24.1 Å². The van der Waals surface area contributed by atoms with Gasteiger partial charge in [0.1, 0.15) is 5.82 Å². The maximum atomic E-state index is 13.1. The van der Waals surface area contributed by atoms with Crippen LogP contribution in [-0.4, -0.2) is 29.3 Å². The summed E-state index contributed by atoms with van der Waals surface area (Å²) in [4.78, 5) is 14.0. The first-order valence-corrected chi connectivity index (χ1v) is 7.16. The molecule has 104 valence electrons. The first kappa shape index (κ1) is 14.3. The lowest BCUT2D eigenvalue weighted by atomic mass is 9.93. The molecule has 2 rings (SSSR count). The normalized spacial score (nSPS) is 23.1. The summed E-state index contributed by atoms with van der Waals surface area (Å²) in [5.74, 6) is -0.302. The van der Waals surface area contributed by atoms with E-state index in [1.807, 2.05) is 0 Å². The molecule has 2 nitrogen and oxygen atoms in total. The topological polar surface area (TPSA) is 20.3 Å². The number of carbonyl (C=O) groups is 1. The van der Waals surface area contributed by atoms with E-state index >= 15 is 0 Å². The number of carbonyl (C=O) groups excluding carboxylic acids is 1. The van der Waals surface area contributed by atoms with Crippen molar-refractivity contribution >= 4 is 17.5 Å². The minimum Gasteiger partial charge on any atom is -0.341 e. The zero-order valence-corrected chi connectivity index (χ0v) is 11.9. The van der Waals surface area contributed by atoms with Crippen molar-refractivity contribution in [2.75, 3.05) is 7.05 Å². The van der Waals surface area contributed by atoms with E-state index < -0.39 is 0 Å². The summed E-state index contributed by atoms with van der Waals surface area (Å²) in [7, 11) is 1.80. The molecule has 0 radical (unpaired) electrons. The Hall–Kier alpha value is -1.09. The van der Waals surface area contributed by atoms with Gasteiger partial charge in [0, 0.05) is 13.1 Å². The van der Waals surface area contributed by atoms with E-state index in [4.69, 9.17) is 11.6 Å². The van der Waals surface area contributed by atoms with Crippen LogP contribution in [-0.2, 0) is 11.2 Å². The third kappa shape index (κ3) is 3.69. The Morgan fingerprint density at radius 3 is 2.84 bits per heavy atom. The smallest absolute Gasteiger partial charge is 0.227 e. The van der Waals surface area contributed by atoms with Gasteiger partial charge in [-0.3, -0.25) is 4.79 Å². The maximum Gasteiger partial charge on any atom is 0.227 e. The van der Waals surface area contributed by atoms with Crippen LogP contribution in [0, 0.1) is 5.82 Å². The quantitative estimate of drug-likeness (QED) is 0.779. The van der Waals surface area contributed by atoms with Crippen molar-refractivity contribution in [3.8, 4) is 0 Å².